The highest BCUT2D eigenvalue weighted by atomic mass is 35.5. The first kappa shape index (κ1) is 19.7. The van der Waals surface area contributed by atoms with Crippen molar-refractivity contribution in [1.29, 1.82) is 0 Å². The van der Waals surface area contributed by atoms with Gasteiger partial charge in [0.05, 0.1) is 5.56 Å². The molecule has 1 aliphatic rings. The second kappa shape index (κ2) is 7.95. The van der Waals surface area contributed by atoms with Gasteiger partial charge in [0.1, 0.15) is 0 Å². The van der Waals surface area contributed by atoms with Gasteiger partial charge in [0, 0.05) is 36.4 Å². The Bertz CT molecular complexity index is 675. The van der Waals surface area contributed by atoms with Gasteiger partial charge in [-0.15, -0.1) is 24.8 Å². The highest BCUT2D eigenvalue weighted by molar-refractivity contribution is 5.97. The van der Waals surface area contributed by atoms with Gasteiger partial charge in [0.15, 0.2) is 5.65 Å². The van der Waals surface area contributed by atoms with E-state index in [2.05, 4.69) is 22.1 Å². The number of pyridine rings is 1. The molecule has 1 amide bonds. The van der Waals surface area contributed by atoms with Crippen molar-refractivity contribution in [3.8, 4) is 0 Å². The fraction of sp³-hybridized carbons (Fsp3) is 0.533. The summed E-state index contributed by atoms with van der Waals surface area (Å²) in [6, 6.07) is 2.00. The minimum atomic E-state index is 0. The predicted octanol–water partition coefficient (Wildman–Crippen LogP) is 2.31. The van der Waals surface area contributed by atoms with Gasteiger partial charge in [-0.1, -0.05) is 6.92 Å². The van der Waals surface area contributed by atoms with Crippen LogP contribution in [0.15, 0.2) is 12.3 Å². The van der Waals surface area contributed by atoms with Crippen LogP contribution in [0.25, 0.3) is 11.0 Å². The maximum atomic E-state index is 12.8. The lowest BCUT2D eigenvalue weighted by Gasteiger charge is -2.38. The minimum absolute atomic E-state index is 0. The molecular formula is C15H23Cl2N5O. The number of hydrogen-bond donors (Lipinski definition) is 2. The van der Waals surface area contributed by atoms with Gasteiger partial charge >= 0.3 is 0 Å². The van der Waals surface area contributed by atoms with E-state index in [1.807, 2.05) is 17.9 Å². The Labute approximate surface area is 148 Å². The molecule has 0 bridgehead atoms. The lowest BCUT2D eigenvalue weighted by molar-refractivity contribution is 0.0573. The van der Waals surface area contributed by atoms with E-state index in [0.717, 1.165) is 30.5 Å². The van der Waals surface area contributed by atoms with E-state index in [4.69, 9.17) is 5.73 Å². The fourth-order valence-corrected chi connectivity index (χ4v) is 3.04. The zero-order valence-electron chi connectivity index (χ0n) is 13.3. The van der Waals surface area contributed by atoms with Crippen LogP contribution in [0.1, 0.15) is 35.8 Å². The third kappa shape index (κ3) is 3.76. The number of aromatic nitrogens is 3. The first-order valence-electron chi connectivity index (χ1n) is 7.42. The van der Waals surface area contributed by atoms with Crippen LogP contribution in [-0.4, -0.2) is 45.1 Å². The van der Waals surface area contributed by atoms with Crippen LogP contribution >= 0.6 is 24.8 Å². The summed E-state index contributed by atoms with van der Waals surface area (Å²) in [4.78, 5) is 18.9. The van der Waals surface area contributed by atoms with Crippen molar-refractivity contribution in [2.45, 2.75) is 32.7 Å². The van der Waals surface area contributed by atoms with Crippen LogP contribution < -0.4 is 5.73 Å². The average Bonchev–Trinajstić information content (AvgIpc) is 2.87. The number of aromatic amines is 1. The third-order valence-corrected chi connectivity index (χ3v) is 4.36. The number of rotatable bonds is 2. The first-order valence-corrected chi connectivity index (χ1v) is 7.42. The summed E-state index contributed by atoms with van der Waals surface area (Å²) in [6.07, 6.45) is 3.61. The Balaban J connectivity index is 0.00000132. The summed E-state index contributed by atoms with van der Waals surface area (Å²) >= 11 is 0. The number of piperidine rings is 1. The van der Waals surface area contributed by atoms with E-state index in [-0.39, 0.29) is 36.8 Å². The minimum Gasteiger partial charge on any atom is -0.334 e. The molecule has 6 nitrogen and oxygen atoms in total. The fourth-order valence-electron chi connectivity index (χ4n) is 3.04. The Morgan fingerprint density at radius 3 is 2.91 bits per heavy atom. The quantitative estimate of drug-likeness (QED) is 0.860. The summed E-state index contributed by atoms with van der Waals surface area (Å²) in [6.45, 7) is 5.42. The van der Waals surface area contributed by atoms with Gasteiger partial charge in [-0.05, 0) is 31.7 Å². The summed E-state index contributed by atoms with van der Waals surface area (Å²) in [7, 11) is 0. The molecular weight excluding hydrogens is 337 g/mol. The van der Waals surface area contributed by atoms with Crippen molar-refractivity contribution >= 4 is 41.8 Å². The monoisotopic (exact) mass is 359 g/mol. The molecule has 1 fully saturated rings. The SMILES string of the molecule is Cc1[nH]nc2ncc(C(=O)N3CCC(C)CC3CN)cc12.Cl.Cl. The van der Waals surface area contributed by atoms with E-state index in [9.17, 15) is 4.79 Å². The normalized spacial score (nSPS) is 20.7. The summed E-state index contributed by atoms with van der Waals surface area (Å²) < 4.78 is 0. The Morgan fingerprint density at radius 2 is 2.22 bits per heavy atom. The zero-order chi connectivity index (χ0) is 15.0. The van der Waals surface area contributed by atoms with Crippen LogP contribution in [0.4, 0.5) is 0 Å². The molecule has 8 heteroatoms. The topological polar surface area (TPSA) is 87.9 Å². The van der Waals surface area contributed by atoms with Crippen molar-refractivity contribution in [3.05, 3.63) is 23.5 Å². The molecule has 2 aromatic rings. The highest BCUT2D eigenvalue weighted by Crippen LogP contribution is 2.24. The molecule has 0 aromatic carbocycles. The lowest BCUT2D eigenvalue weighted by Crippen LogP contribution is -2.49. The highest BCUT2D eigenvalue weighted by Gasteiger charge is 2.29. The van der Waals surface area contributed by atoms with Crippen LogP contribution in [0.3, 0.4) is 0 Å². The molecule has 0 spiro atoms. The van der Waals surface area contributed by atoms with E-state index < -0.39 is 0 Å². The number of carbonyl (C=O) groups excluding carboxylic acids is 1. The average molecular weight is 360 g/mol. The molecule has 3 heterocycles. The van der Waals surface area contributed by atoms with E-state index >= 15 is 0 Å². The molecule has 1 saturated heterocycles. The van der Waals surface area contributed by atoms with Gasteiger partial charge in [-0.3, -0.25) is 9.89 Å². The molecule has 0 radical (unpaired) electrons. The number of carbonyl (C=O) groups is 1. The largest absolute Gasteiger partial charge is 0.334 e. The second-order valence-corrected chi connectivity index (χ2v) is 5.96. The molecule has 1 aliphatic heterocycles. The molecule has 23 heavy (non-hydrogen) atoms. The first-order chi connectivity index (χ1) is 10.1. The van der Waals surface area contributed by atoms with Crippen molar-refractivity contribution in [2.75, 3.05) is 13.1 Å². The number of nitrogens with zero attached hydrogens (tertiary/aromatic N) is 3. The van der Waals surface area contributed by atoms with Gasteiger partial charge in [-0.25, -0.2) is 4.98 Å². The van der Waals surface area contributed by atoms with Gasteiger partial charge < -0.3 is 10.6 Å². The van der Waals surface area contributed by atoms with Crippen molar-refractivity contribution in [1.82, 2.24) is 20.1 Å². The summed E-state index contributed by atoms with van der Waals surface area (Å²) in [5, 5.41) is 7.88. The zero-order valence-corrected chi connectivity index (χ0v) is 14.9. The molecule has 2 atom stereocenters. The second-order valence-electron chi connectivity index (χ2n) is 5.96. The van der Waals surface area contributed by atoms with Gasteiger partial charge in [0.2, 0.25) is 0 Å². The molecule has 3 rings (SSSR count). The van der Waals surface area contributed by atoms with E-state index in [1.54, 1.807) is 6.20 Å². The van der Waals surface area contributed by atoms with Crippen LogP contribution in [0.5, 0.6) is 0 Å². The lowest BCUT2D eigenvalue weighted by atomic mass is 9.92. The maximum Gasteiger partial charge on any atom is 0.255 e. The third-order valence-electron chi connectivity index (χ3n) is 4.36. The number of amides is 1. The van der Waals surface area contributed by atoms with Crippen molar-refractivity contribution < 1.29 is 4.79 Å². The predicted molar refractivity (Wildman–Crippen MR) is 95.4 cm³/mol. The summed E-state index contributed by atoms with van der Waals surface area (Å²) in [5.74, 6) is 0.645. The number of likely N-dealkylation sites (tertiary alicyclic amines) is 1. The number of nitrogens with two attached hydrogens (primary N) is 1. The number of H-pyrrole nitrogens is 1. The van der Waals surface area contributed by atoms with Crippen LogP contribution in [0.2, 0.25) is 0 Å². The Hall–Kier alpha value is -1.37. The number of halogens is 2. The number of hydrogen-bond acceptors (Lipinski definition) is 4. The van der Waals surface area contributed by atoms with E-state index in [0.29, 0.717) is 23.7 Å². The molecule has 0 aliphatic carbocycles. The molecule has 128 valence electrons. The van der Waals surface area contributed by atoms with Crippen LogP contribution in [-0.2, 0) is 0 Å². The smallest absolute Gasteiger partial charge is 0.255 e. The van der Waals surface area contributed by atoms with E-state index in [1.165, 1.54) is 0 Å². The number of nitrogens with one attached hydrogen (secondary N) is 1. The van der Waals surface area contributed by atoms with Gasteiger partial charge in [-0.2, -0.15) is 5.10 Å². The van der Waals surface area contributed by atoms with Gasteiger partial charge in [0.25, 0.3) is 5.91 Å². The molecule has 2 aromatic heterocycles. The number of aryl methyl sites for hydroxylation is 1. The maximum absolute atomic E-state index is 12.8. The molecule has 3 N–H and O–H groups in total. The Kier molecular flexibility index (Phi) is 6.80. The Morgan fingerprint density at radius 1 is 1.48 bits per heavy atom. The standard InChI is InChI=1S/C15H21N5O.2ClH/c1-9-3-4-20(12(5-9)7-16)15(21)11-6-13-10(2)18-19-14(13)17-8-11;;/h6,8-9,12H,3-5,7,16H2,1-2H3,(H,17,18,19);2*1H. The molecule has 2 unspecified atom stereocenters. The molecule has 0 saturated carbocycles. The van der Waals surface area contributed by atoms with Crippen molar-refractivity contribution in [2.24, 2.45) is 11.7 Å². The van der Waals surface area contributed by atoms with Crippen molar-refractivity contribution in [3.63, 3.8) is 0 Å². The summed E-state index contributed by atoms with van der Waals surface area (Å²) in [5.41, 5.74) is 8.03. The number of fused-ring (bicyclic) bond motifs is 1. The van der Waals surface area contributed by atoms with Crippen LogP contribution in [0, 0.1) is 12.8 Å².